The van der Waals surface area contributed by atoms with Crippen LogP contribution in [0.2, 0.25) is 0 Å². The lowest BCUT2D eigenvalue weighted by Crippen LogP contribution is -2.04. The van der Waals surface area contributed by atoms with Crippen molar-refractivity contribution < 1.29 is 13.2 Å². The molecule has 25 heavy (non-hydrogen) atoms. The molecule has 1 aromatic heterocycles. The van der Waals surface area contributed by atoms with Gasteiger partial charge in [0, 0.05) is 5.39 Å². The van der Waals surface area contributed by atoms with Gasteiger partial charge in [-0.1, -0.05) is 24.3 Å². The summed E-state index contributed by atoms with van der Waals surface area (Å²) < 4.78 is 37.8. The zero-order chi connectivity index (χ0) is 18.0. The van der Waals surface area contributed by atoms with Gasteiger partial charge >= 0.3 is 6.18 Å². The van der Waals surface area contributed by atoms with Crippen LogP contribution in [0.3, 0.4) is 0 Å². The first-order chi connectivity index (χ1) is 11.9. The second kappa shape index (κ2) is 6.24. The standard InChI is InChI=1S/C18H11F3N4/c19-18(20,21)13-7-5-11(6-8-13)9-12(10-22)17-24-15-4-2-1-3-14(15)16(23)25-17/h1-9H,(H2,23,24,25). The Morgan fingerprint density at radius 1 is 1.04 bits per heavy atom. The van der Waals surface area contributed by atoms with Crippen molar-refractivity contribution in [1.82, 2.24) is 9.97 Å². The Hall–Kier alpha value is -3.40. The van der Waals surface area contributed by atoms with E-state index in [4.69, 9.17) is 5.73 Å². The van der Waals surface area contributed by atoms with Gasteiger partial charge in [-0.25, -0.2) is 9.97 Å². The predicted octanol–water partition coefficient (Wildman–Crippen LogP) is 4.29. The average molecular weight is 340 g/mol. The molecule has 0 saturated carbocycles. The van der Waals surface area contributed by atoms with E-state index in [1.54, 1.807) is 24.3 Å². The number of halogens is 3. The van der Waals surface area contributed by atoms with Gasteiger partial charge < -0.3 is 5.73 Å². The number of hydrogen-bond donors (Lipinski definition) is 1. The van der Waals surface area contributed by atoms with Gasteiger partial charge in [0.15, 0.2) is 5.82 Å². The molecule has 0 amide bonds. The summed E-state index contributed by atoms with van der Waals surface area (Å²) in [7, 11) is 0. The fraction of sp³-hybridized carbons (Fsp3) is 0.0556. The highest BCUT2D eigenvalue weighted by atomic mass is 19.4. The van der Waals surface area contributed by atoms with Crippen molar-refractivity contribution in [2.24, 2.45) is 0 Å². The quantitative estimate of drug-likeness (QED) is 0.706. The summed E-state index contributed by atoms with van der Waals surface area (Å²) in [5, 5.41) is 10.0. The molecule has 1 heterocycles. The number of aromatic nitrogens is 2. The maximum atomic E-state index is 12.6. The van der Waals surface area contributed by atoms with Crippen LogP contribution in [-0.2, 0) is 6.18 Å². The molecule has 0 spiro atoms. The maximum absolute atomic E-state index is 12.6. The van der Waals surface area contributed by atoms with Crippen molar-refractivity contribution in [3.63, 3.8) is 0 Å². The lowest BCUT2D eigenvalue weighted by atomic mass is 10.1. The number of nitrogens with zero attached hydrogens (tertiary/aromatic N) is 3. The summed E-state index contributed by atoms with van der Waals surface area (Å²) >= 11 is 0. The monoisotopic (exact) mass is 340 g/mol. The maximum Gasteiger partial charge on any atom is 0.416 e. The molecule has 2 N–H and O–H groups in total. The van der Waals surface area contributed by atoms with Crippen molar-refractivity contribution >= 4 is 28.4 Å². The predicted molar refractivity (Wildman–Crippen MR) is 88.9 cm³/mol. The molecule has 0 unspecified atom stereocenters. The number of benzene rings is 2. The van der Waals surface area contributed by atoms with Crippen LogP contribution in [0.25, 0.3) is 22.6 Å². The van der Waals surface area contributed by atoms with Gasteiger partial charge in [-0.05, 0) is 35.9 Å². The van der Waals surface area contributed by atoms with Crippen molar-refractivity contribution in [3.05, 3.63) is 65.5 Å². The first kappa shape index (κ1) is 16.5. The SMILES string of the molecule is N#CC(=Cc1ccc(C(F)(F)F)cc1)c1nc(N)c2ccccc2n1. The molecule has 0 saturated heterocycles. The Bertz CT molecular complexity index is 999. The topological polar surface area (TPSA) is 75.6 Å². The summed E-state index contributed by atoms with van der Waals surface area (Å²) in [5.41, 5.74) is 6.26. The summed E-state index contributed by atoms with van der Waals surface area (Å²) in [5.74, 6) is 0.354. The van der Waals surface area contributed by atoms with Gasteiger partial charge in [-0.15, -0.1) is 0 Å². The van der Waals surface area contributed by atoms with Crippen LogP contribution in [0.15, 0.2) is 48.5 Å². The van der Waals surface area contributed by atoms with Crippen molar-refractivity contribution in [1.29, 1.82) is 5.26 Å². The minimum absolute atomic E-state index is 0.109. The van der Waals surface area contributed by atoms with E-state index in [2.05, 4.69) is 9.97 Å². The van der Waals surface area contributed by atoms with Crippen LogP contribution >= 0.6 is 0 Å². The number of para-hydroxylation sites is 1. The highest BCUT2D eigenvalue weighted by Crippen LogP contribution is 2.29. The summed E-state index contributed by atoms with van der Waals surface area (Å²) in [6.45, 7) is 0. The molecule has 7 heteroatoms. The Kier molecular flexibility index (Phi) is 4.11. The largest absolute Gasteiger partial charge is 0.416 e. The molecule has 0 aliphatic carbocycles. The second-order valence-electron chi connectivity index (χ2n) is 5.24. The van der Waals surface area contributed by atoms with Gasteiger partial charge in [0.1, 0.15) is 11.9 Å². The minimum atomic E-state index is -4.41. The first-order valence-electron chi connectivity index (χ1n) is 7.20. The van der Waals surface area contributed by atoms with Gasteiger partial charge in [0.2, 0.25) is 0 Å². The average Bonchev–Trinajstić information content (AvgIpc) is 2.59. The Morgan fingerprint density at radius 3 is 2.36 bits per heavy atom. The Labute approximate surface area is 141 Å². The molecule has 0 bridgehead atoms. The number of hydrogen-bond acceptors (Lipinski definition) is 4. The van der Waals surface area contributed by atoms with Crippen molar-refractivity contribution in [2.45, 2.75) is 6.18 Å². The van der Waals surface area contributed by atoms with Gasteiger partial charge in [-0.2, -0.15) is 18.4 Å². The van der Waals surface area contributed by atoms with Gasteiger partial charge in [0.25, 0.3) is 0 Å². The Morgan fingerprint density at radius 2 is 1.72 bits per heavy atom. The van der Waals surface area contributed by atoms with Crippen LogP contribution in [0.4, 0.5) is 19.0 Å². The zero-order valence-electron chi connectivity index (χ0n) is 12.7. The molecule has 0 fully saturated rings. The third-order valence-corrected chi connectivity index (χ3v) is 3.54. The fourth-order valence-electron chi connectivity index (χ4n) is 2.30. The number of allylic oxidation sites excluding steroid dienone is 1. The van der Waals surface area contributed by atoms with E-state index >= 15 is 0 Å². The van der Waals surface area contributed by atoms with E-state index in [9.17, 15) is 18.4 Å². The van der Waals surface area contributed by atoms with Gasteiger partial charge in [-0.3, -0.25) is 0 Å². The number of rotatable bonds is 2. The van der Waals surface area contributed by atoms with E-state index in [0.717, 1.165) is 12.1 Å². The molecule has 0 radical (unpaired) electrons. The van der Waals surface area contributed by atoms with Crippen LogP contribution in [0, 0.1) is 11.3 Å². The van der Waals surface area contributed by atoms with E-state index in [1.807, 2.05) is 6.07 Å². The van der Waals surface area contributed by atoms with Crippen molar-refractivity contribution in [2.75, 3.05) is 5.73 Å². The molecule has 124 valence electrons. The normalized spacial score (nSPS) is 12.2. The zero-order valence-corrected chi connectivity index (χ0v) is 12.7. The highest BCUT2D eigenvalue weighted by Gasteiger charge is 2.29. The van der Waals surface area contributed by atoms with Crippen LogP contribution in [0.1, 0.15) is 17.0 Å². The summed E-state index contributed by atoms with van der Waals surface area (Å²) in [6, 6.07) is 13.5. The molecule has 3 aromatic rings. The lowest BCUT2D eigenvalue weighted by molar-refractivity contribution is -0.137. The van der Waals surface area contributed by atoms with E-state index in [1.165, 1.54) is 18.2 Å². The minimum Gasteiger partial charge on any atom is -0.383 e. The highest BCUT2D eigenvalue weighted by molar-refractivity contribution is 5.93. The molecule has 4 nitrogen and oxygen atoms in total. The lowest BCUT2D eigenvalue weighted by Gasteiger charge is -2.07. The van der Waals surface area contributed by atoms with E-state index in [0.29, 0.717) is 16.5 Å². The number of fused-ring (bicyclic) bond motifs is 1. The van der Waals surface area contributed by atoms with E-state index < -0.39 is 11.7 Å². The van der Waals surface area contributed by atoms with Crippen LogP contribution < -0.4 is 5.73 Å². The van der Waals surface area contributed by atoms with Crippen LogP contribution in [0.5, 0.6) is 0 Å². The molecular formula is C18H11F3N4. The molecule has 0 atom stereocenters. The smallest absolute Gasteiger partial charge is 0.383 e. The number of nitrogen functional groups attached to an aromatic ring is 1. The number of nitriles is 1. The van der Waals surface area contributed by atoms with Gasteiger partial charge in [0.05, 0.1) is 16.7 Å². The second-order valence-corrected chi connectivity index (χ2v) is 5.24. The van der Waals surface area contributed by atoms with Crippen molar-refractivity contribution in [3.8, 4) is 6.07 Å². The molecule has 3 rings (SSSR count). The Balaban J connectivity index is 2.03. The molecule has 0 aliphatic rings. The summed E-state index contributed by atoms with van der Waals surface area (Å²) in [4.78, 5) is 8.42. The fourth-order valence-corrected chi connectivity index (χ4v) is 2.30. The number of alkyl halides is 3. The summed E-state index contributed by atoms with van der Waals surface area (Å²) in [6.07, 6.45) is -2.99. The molecular weight excluding hydrogens is 329 g/mol. The molecule has 0 aliphatic heterocycles. The third kappa shape index (κ3) is 3.43. The number of anilines is 1. The number of nitrogens with two attached hydrogens (primary N) is 1. The third-order valence-electron chi connectivity index (χ3n) is 3.54. The van der Waals surface area contributed by atoms with E-state index in [-0.39, 0.29) is 17.2 Å². The first-order valence-corrected chi connectivity index (χ1v) is 7.20. The molecule has 2 aromatic carbocycles. The van der Waals surface area contributed by atoms with Crippen LogP contribution in [-0.4, -0.2) is 9.97 Å².